The molecule has 0 unspecified atom stereocenters. The summed E-state index contributed by atoms with van der Waals surface area (Å²) in [6.07, 6.45) is 0.572. The van der Waals surface area contributed by atoms with Crippen molar-refractivity contribution < 1.29 is 33.0 Å². The van der Waals surface area contributed by atoms with Gasteiger partial charge in [-0.25, -0.2) is 4.79 Å². The molecular formula is C32H46N2O9Si2. The highest BCUT2D eigenvalue weighted by Gasteiger charge is 2.50. The zero-order valence-corrected chi connectivity index (χ0v) is 29.9. The molecule has 4 atom stereocenters. The van der Waals surface area contributed by atoms with Gasteiger partial charge in [0, 0.05) is 12.1 Å². The smallest absolute Gasteiger partial charge is 0.339 e. The number of benzene rings is 2. The Morgan fingerprint density at radius 1 is 0.756 bits per heavy atom. The van der Waals surface area contributed by atoms with Crippen LogP contribution < -0.4 is 0 Å². The van der Waals surface area contributed by atoms with Gasteiger partial charge in [0.05, 0.1) is 34.2 Å². The number of hydrogen-bond donors (Lipinski definition) is 0. The van der Waals surface area contributed by atoms with Crippen molar-refractivity contribution in [1.29, 1.82) is 0 Å². The maximum Gasteiger partial charge on any atom is 0.339 e. The van der Waals surface area contributed by atoms with Crippen LogP contribution in [0.25, 0.3) is 0 Å². The summed E-state index contributed by atoms with van der Waals surface area (Å²) >= 11 is 0. The maximum absolute atomic E-state index is 13.5. The molecule has 11 nitrogen and oxygen atoms in total. The van der Waals surface area contributed by atoms with Crippen molar-refractivity contribution in [3.63, 3.8) is 0 Å². The molecule has 3 rings (SSSR count). The van der Waals surface area contributed by atoms with Crippen molar-refractivity contribution in [3.05, 3.63) is 92.0 Å². The molecule has 0 heterocycles. The van der Waals surface area contributed by atoms with Gasteiger partial charge in [0.2, 0.25) is 0 Å². The Morgan fingerprint density at radius 3 is 1.73 bits per heavy atom. The Kier molecular flexibility index (Phi) is 11.0. The van der Waals surface area contributed by atoms with Crippen molar-refractivity contribution in [3.8, 4) is 0 Å². The number of nitro benzene ring substituents is 2. The summed E-state index contributed by atoms with van der Waals surface area (Å²) in [5.41, 5.74) is -0.536. The number of esters is 1. The van der Waals surface area contributed by atoms with Gasteiger partial charge in [-0.2, -0.15) is 0 Å². The van der Waals surface area contributed by atoms with Gasteiger partial charge >= 0.3 is 5.97 Å². The van der Waals surface area contributed by atoms with Gasteiger partial charge in [-0.1, -0.05) is 78.0 Å². The molecule has 0 N–H and O–H groups in total. The molecule has 45 heavy (non-hydrogen) atoms. The number of hydrogen-bond acceptors (Lipinski definition) is 9. The van der Waals surface area contributed by atoms with E-state index >= 15 is 0 Å². The third-order valence-corrected chi connectivity index (χ3v) is 18.0. The SMILES string of the molecule is CC(C)(C)[Si](C)(C)O[C@@H]1[C@@H](OCc2ccccc2)[C@H](O[Si](C)(C)C(C)(C)C)C=C[C@H]1OC(=O)c1cc([N+](=O)[O-])cc([N+](=O)[O-])c1. The summed E-state index contributed by atoms with van der Waals surface area (Å²) in [5.74, 6) is -0.953. The Morgan fingerprint density at radius 2 is 1.24 bits per heavy atom. The van der Waals surface area contributed by atoms with Gasteiger partial charge in [0.1, 0.15) is 18.3 Å². The molecule has 2 aromatic rings. The van der Waals surface area contributed by atoms with Gasteiger partial charge in [-0.05, 0) is 47.9 Å². The molecule has 1 aliphatic rings. The summed E-state index contributed by atoms with van der Waals surface area (Å²) in [4.78, 5) is 34.9. The summed E-state index contributed by atoms with van der Waals surface area (Å²) < 4.78 is 26.4. The number of nitro groups is 2. The minimum Gasteiger partial charge on any atom is -0.452 e. The molecule has 246 valence electrons. The quantitative estimate of drug-likeness (QED) is 0.0773. The Balaban J connectivity index is 2.09. The molecule has 13 heteroatoms. The standard InChI is InChI=1S/C32H46N2O9Si2/c1-31(2,3)44(7,8)42-27-17-16-26(41-30(35)23-18-24(33(36)37)20-25(19-23)34(38)39)29(43-45(9,10)32(4,5)6)28(27)40-21-22-14-12-11-13-15-22/h11-20,26-29H,21H2,1-10H3/t26-,27-,28+,29+/m1/s1. The minimum atomic E-state index is -2.52. The van der Waals surface area contributed by atoms with Crippen LogP contribution >= 0.6 is 0 Å². The van der Waals surface area contributed by atoms with E-state index in [0.717, 1.165) is 23.8 Å². The number of ether oxygens (including phenoxy) is 2. The summed E-state index contributed by atoms with van der Waals surface area (Å²) in [6.45, 7) is 21.5. The second kappa shape index (κ2) is 13.6. The fraction of sp³-hybridized carbons (Fsp3) is 0.531. The van der Waals surface area contributed by atoms with Crippen LogP contribution in [-0.4, -0.2) is 56.9 Å². The molecule has 0 fully saturated rings. The summed E-state index contributed by atoms with van der Waals surface area (Å²) in [7, 11) is -4.83. The third kappa shape index (κ3) is 8.94. The largest absolute Gasteiger partial charge is 0.452 e. The van der Waals surface area contributed by atoms with Crippen LogP contribution in [0.5, 0.6) is 0 Å². The van der Waals surface area contributed by atoms with Crippen LogP contribution in [-0.2, 0) is 24.9 Å². The fourth-order valence-electron chi connectivity index (χ4n) is 4.26. The predicted molar refractivity (Wildman–Crippen MR) is 177 cm³/mol. The second-order valence-corrected chi connectivity index (χ2v) is 24.0. The molecule has 0 amide bonds. The van der Waals surface area contributed by atoms with Crippen LogP contribution in [0.4, 0.5) is 11.4 Å². The van der Waals surface area contributed by atoms with Crippen LogP contribution in [0.1, 0.15) is 57.5 Å². The average molecular weight is 659 g/mol. The first kappa shape index (κ1) is 36.2. The molecule has 0 bridgehead atoms. The second-order valence-electron chi connectivity index (χ2n) is 14.5. The maximum atomic E-state index is 13.5. The van der Waals surface area contributed by atoms with Crippen molar-refractivity contribution in [1.82, 2.24) is 0 Å². The molecule has 0 aromatic heterocycles. The highest BCUT2D eigenvalue weighted by molar-refractivity contribution is 6.74. The molecule has 0 saturated heterocycles. The monoisotopic (exact) mass is 658 g/mol. The van der Waals surface area contributed by atoms with E-state index in [1.54, 1.807) is 6.08 Å². The number of rotatable bonds is 11. The molecule has 0 spiro atoms. The Hall–Kier alpha value is -3.24. The predicted octanol–water partition coefficient (Wildman–Crippen LogP) is 7.96. The van der Waals surface area contributed by atoms with Crippen molar-refractivity contribution >= 4 is 34.0 Å². The van der Waals surface area contributed by atoms with Gasteiger partial charge in [0.15, 0.2) is 16.6 Å². The normalized spacial score (nSPS) is 20.9. The zero-order chi connectivity index (χ0) is 34.0. The van der Waals surface area contributed by atoms with Crippen molar-refractivity contribution in [2.75, 3.05) is 0 Å². The molecule has 2 aromatic carbocycles. The van der Waals surface area contributed by atoms with E-state index in [0.29, 0.717) is 0 Å². The molecule has 0 saturated carbocycles. The van der Waals surface area contributed by atoms with Crippen LogP contribution in [0, 0.1) is 20.2 Å². The first-order chi connectivity index (χ1) is 20.6. The van der Waals surface area contributed by atoms with Crippen LogP contribution in [0.15, 0.2) is 60.7 Å². The van der Waals surface area contributed by atoms with E-state index in [-0.39, 0.29) is 22.2 Å². The van der Waals surface area contributed by atoms with Gasteiger partial charge in [-0.15, -0.1) is 0 Å². The fourth-order valence-corrected chi connectivity index (χ4v) is 6.81. The number of nitrogens with zero attached hydrogens (tertiary/aromatic N) is 2. The first-order valence-corrected chi connectivity index (χ1v) is 20.8. The lowest BCUT2D eigenvalue weighted by Gasteiger charge is -2.48. The molecule has 0 radical (unpaired) electrons. The minimum absolute atomic E-state index is 0.0966. The van der Waals surface area contributed by atoms with Gasteiger partial charge < -0.3 is 18.3 Å². The van der Waals surface area contributed by atoms with Crippen LogP contribution in [0.3, 0.4) is 0 Å². The lowest BCUT2D eigenvalue weighted by atomic mass is 9.95. The van der Waals surface area contributed by atoms with E-state index < -0.39 is 68.2 Å². The summed E-state index contributed by atoms with van der Waals surface area (Å²) in [6, 6.07) is 12.4. The average Bonchev–Trinajstić information content (AvgIpc) is 2.92. The Bertz CT molecular complexity index is 1380. The first-order valence-electron chi connectivity index (χ1n) is 15.0. The summed E-state index contributed by atoms with van der Waals surface area (Å²) in [5, 5.41) is 22.6. The molecular weight excluding hydrogens is 613 g/mol. The third-order valence-electron chi connectivity index (χ3n) is 9.02. The van der Waals surface area contributed by atoms with E-state index in [1.807, 2.05) is 36.4 Å². The lowest BCUT2D eigenvalue weighted by molar-refractivity contribution is -0.394. The van der Waals surface area contributed by atoms with E-state index in [2.05, 4.69) is 67.7 Å². The van der Waals surface area contributed by atoms with Crippen LogP contribution in [0.2, 0.25) is 36.3 Å². The topological polar surface area (TPSA) is 140 Å². The molecule has 1 aliphatic carbocycles. The molecule has 0 aliphatic heterocycles. The van der Waals surface area contributed by atoms with Gasteiger partial charge in [0.25, 0.3) is 11.4 Å². The van der Waals surface area contributed by atoms with Gasteiger partial charge in [-0.3, -0.25) is 20.2 Å². The highest BCUT2D eigenvalue weighted by atomic mass is 28.4. The highest BCUT2D eigenvalue weighted by Crippen LogP contribution is 2.42. The van der Waals surface area contributed by atoms with Crippen molar-refractivity contribution in [2.24, 2.45) is 0 Å². The number of carbonyl (C=O) groups excluding carboxylic acids is 1. The zero-order valence-electron chi connectivity index (χ0n) is 27.9. The Labute approximate surface area is 267 Å². The number of carbonyl (C=O) groups is 1. The van der Waals surface area contributed by atoms with E-state index in [9.17, 15) is 25.0 Å². The lowest BCUT2D eigenvalue weighted by Crippen LogP contribution is -2.59. The number of non-ortho nitro benzene ring substituents is 2. The van der Waals surface area contributed by atoms with E-state index in [1.165, 1.54) is 0 Å². The van der Waals surface area contributed by atoms with E-state index in [4.69, 9.17) is 18.3 Å². The van der Waals surface area contributed by atoms with Crippen molar-refractivity contribution in [2.45, 2.75) is 109 Å².